The Bertz CT molecular complexity index is 258. The molecule has 98 valence electrons. The first-order valence-electron chi connectivity index (χ1n) is 7.42. The van der Waals surface area contributed by atoms with Crippen molar-refractivity contribution in [1.82, 2.24) is 4.90 Å². The van der Waals surface area contributed by atoms with Gasteiger partial charge in [0.15, 0.2) is 0 Å². The molecule has 0 N–H and O–H groups in total. The molecule has 0 aromatic heterocycles. The number of piperidine rings is 1. The fourth-order valence-corrected chi connectivity index (χ4v) is 3.27. The van der Waals surface area contributed by atoms with E-state index >= 15 is 0 Å². The number of ketones is 1. The van der Waals surface area contributed by atoms with Crippen molar-refractivity contribution in [2.45, 2.75) is 52.4 Å². The number of nitrogens with zero attached hydrogens (tertiary/aromatic N) is 1. The quantitative estimate of drug-likeness (QED) is 0.751. The second kappa shape index (κ2) is 5.99. The Morgan fingerprint density at radius 2 is 1.76 bits per heavy atom. The van der Waals surface area contributed by atoms with Gasteiger partial charge in [-0.15, -0.1) is 0 Å². The summed E-state index contributed by atoms with van der Waals surface area (Å²) < 4.78 is 0. The Kier molecular flexibility index (Phi) is 4.61. The molecular weight excluding hydrogens is 210 g/mol. The van der Waals surface area contributed by atoms with E-state index in [9.17, 15) is 4.79 Å². The van der Waals surface area contributed by atoms with Crippen LogP contribution < -0.4 is 0 Å². The highest BCUT2D eigenvalue weighted by atomic mass is 16.1. The van der Waals surface area contributed by atoms with Crippen molar-refractivity contribution >= 4 is 5.78 Å². The lowest BCUT2D eigenvalue weighted by atomic mass is 9.85. The SMILES string of the molecule is CC1CCN(CC(=O)C2CCCCC2)CC1C. The minimum Gasteiger partial charge on any atom is -0.298 e. The molecule has 0 aromatic carbocycles. The van der Waals surface area contributed by atoms with Crippen LogP contribution in [0, 0.1) is 17.8 Å². The molecule has 2 fully saturated rings. The highest BCUT2D eigenvalue weighted by Gasteiger charge is 2.27. The van der Waals surface area contributed by atoms with E-state index in [1.54, 1.807) is 0 Å². The summed E-state index contributed by atoms with van der Waals surface area (Å²) in [7, 11) is 0. The molecule has 1 saturated carbocycles. The number of hydrogen-bond donors (Lipinski definition) is 0. The van der Waals surface area contributed by atoms with Gasteiger partial charge >= 0.3 is 0 Å². The fourth-order valence-electron chi connectivity index (χ4n) is 3.27. The Labute approximate surface area is 106 Å². The molecule has 1 aliphatic heterocycles. The van der Waals surface area contributed by atoms with Crippen LogP contribution in [0.3, 0.4) is 0 Å². The van der Waals surface area contributed by atoms with Gasteiger partial charge in [-0.1, -0.05) is 33.1 Å². The minimum absolute atomic E-state index is 0.387. The summed E-state index contributed by atoms with van der Waals surface area (Å²) >= 11 is 0. The van der Waals surface area contributed by atoms with E-state index in [1.807, 2.05) is 0 Å². The molecule has 2 aliphatic rings. The number of likely N-dealkylation sites (tertiary alicyclic amines) is 1. The summed E-state index contributed by atoms with van der Waals surface area (Å²) in [6.07, 6.45) is 7.44. The summed E-state index contributed by atoms with van der Waals surface area (Å²) in [6, 6.07) is 0. The van der Waals surface area contributed by atoms with Crippen molar-refractivity contribution in [3.8, 4) is 0 Å². The van der Waals surface area contributed by atoms with Crippen molar-refractivity contribution in [2.75, 3.05) is 19.6 Å². The third-order valence-electron chi connectivity index (χ3n) is 4.86. The van der Waals surface area contributed by atoms with Gasteiger partial charge in [0, 0.05) is 12.5 Å². The van der Waals surface area contributed by atoms with E-state index in [2.05, 4.69) is 18.7 Å². The van der Waals surface area contributed by atoms with Gasteiger partial charge in [0.2, 0.25) is 0 Å². The lowest BCUT2D eigenvalue weighted by Gasteiger charge is -2.35. The smallest absolute Gasteiger partial charge is 0.149 e. The molecule has 0 aromatic rings. The Morgan fingerprint density at radius 3 is 2.41 bits per heavy atom. The zero-order chi connectivity index (χ0) is 12.3. The number of carbonyl (C=O) groups excluding carboxylic acids is 1. The molecule has 1 aliphatic carbocycles. The van der Waals surface area contributed by atoms with Gasteiger partial charge in [0.25, 0.3) is 0 Å². The van der Waals surface area contributed by atoms with Gasteiger partial charge in [-0.05, 0) is 37.6 Å². The lowest BCUT2D eigenvalue weighted by molar-refractivity contribution is -0.125. The average molecular weight is 237 g/mol. The predicted molar refractivity (Wildman–Crippen MR) is 71.0 cm³/mol. The van der Waals surface area contributed by atoms with E-state index in [4.69, 9.17) is 0 Å². The molecule has 2 atom stereocenters. The molecule has 0 bridgehead atoms. The highest BCUT2D eigenvalue weighted by molar-refractivity contribution is 5.83. The molecule has 0 amide bonds. The van der Waals surface area contributed by atoms with Crippen molar-refractivity contribution in [3.63, 3.8) is 0 Å². The van der Waals surface area contributed by atoms with Gasteiger partial charge in [0.05, 0.1) is 6.54 Å². The Hall–Kier alpha value is -0.370. The van der Waals surface area contributed by atoms with Crippen LogP contribution in [0.25, 0.3) is 0 Å². The van der Waals surface area contributed by atoms with E-state index in [1.165, 1.54) is 25.7 Å². The third kappa shape index (κ3) is 3.54. The maximum absolute atomic E-state index is 12.2. The zero-order valence-electron chi connectivity index (χ0n) is 11.5. The summed E-state index contributed by atoms with van der Waals surface area (Å²) in [5.74, 6) is 2.49. The Balaban J connectivity index is 1.78. The van der Waals surface area contributed by atoms with Gasteiger partial charge in [-0.25, -0.2) is 0 Å². The largest absolute Gasteiger partial charge is 0.298 e. The van der Waals surface area contributed by atoms with Crippen LogP contribution >= 0.6 is 0 Å². The highest BCUT2D eigenvalue weighted by Crippen LogP contribution is 2.26. The number of hydrogen-bond acceptors (Lipinski definition) is 2. The van der Waals surface area contributed by atoms with Gasteiger partial charge in [-0.2, -0.15) is 0 Å². The maximum Gasteiger partial charge on any atom is 0.149 e. The molecule has 1 saturated heterocycles. The van der Waals surface area contributed by atoms with Crippen molar-refractivity contribution in [1.29, 1.82) is 0 Å². The topological polar surface area (TPSA) is 20.3 Å². The van der Waals surface area contributed by atoms with E-state index in [-0.39, 0.29) is 0 Å². The third-order valence-corrected chi connectivity index (χ3v) is 4.86. The molecule has 2 rings (SSSR count). The van der Waals surface area contributed by atoms with Crippen molar-refractivity contribution < 1.29 is 4.79 Å². The van der Waals surface area contributed by atoms with Gasteiger partial charge in [-0.3, -0.25) is 9.69 Å². The lowest BCUT2D eigenvalue weighted by Crippen LogP contribution is -2.42. The van der Waals surface area contributed by atoms with Crippen LogP contribution in [0.4, 0.5) is 0 Å². The van der Waals surface area contributed by atoms with Crippen LogP contribution in [0.5, 0.6) is 0 Å². The second-order valence-corrected chi connectivity index (χ2v) is 6.28. The first-order chi connectivity index (χ1) is 8.16. The number of rotatable bonds is 3. The van der Waals surface area contributed by atoms with Crippen molar-refractivity contribution in [3.05, 3.63) is 0 Å². The molecule has 0 spiro atoms. The van der Waals surface area contributed by atoms with E-state index in [0.717, 1.165) is 44.3 Å². The van der Waals surface area contributed by atoms with E-state index in [0.29, 0.717) is 11.7 Å². The van der Waals surface area contributed by atoms with Crippen LogP contribution in [0.1, 0.15) is 52.4 Å². The number of Topliss-reactive ketones (excluding diaryl/α,β-unsaturated/α-hetero) is 1. The summed E-state index contributed by atoms with van der Waals surface area (Å²) in [4.78, 5) is 14.6. The minimum atomic E-state index is 0.387. The molecule has 0 radical (unpaired) electrons. The molecule has 1 heterocycles. The van der Waals surface area contributed by atoms with Crippen LogP contribution in [0.2, 0.25) is 0 Å². The molecule has 2 nitrogen and oxygen atoms in total. The number of carbonyl (C=O) groups is 1. The summed E-state index contributed by atoms with van der Waals surface area (Å²) in [6.45, 7) is 7.64. The van der Waals surface area contributed by atoms with Crippen LogP contribution in [-0.2, 0) is 4.79 Å². The standard InChI is InChI=1S/C15H27NO/c1-12-8-9-16(10-13(12)2)11-15(17)14-6-4-3-5-7-14/h12-14H,3-11H2,1-2H3. The summed E-state index contributed by atoms with van der Waals surface area (Å²) in [5, 5.41) is 0. The fraction of sp³-hybridized carbons (Fsp3) is 0.933. The first kappa shape index (κ1) is 13.1. The zero-order valence-corrected chi connectivity index (χ0v) is 11.5. The Morgan fingerprint density at radius 1 is 1.06 bits per heavy atom. The summed E-state index contributed by atoms with van der Waals surface area (Å²) in [5.41, 5.74) is 0. The molecule has 2 unspecified atom stereocenters. The molecular formula is C15H27NO. The van der Waals surface area contributed by atoms with E-state index < -0.39 is 0 Å². The van der Waals surface area contributed by atoms with Gasteiger partial charge < -0.3 is 0 Å². The monoisotopic (exact) mass is 237 g/mol. The average Bonchev–Trinajstić information content (AvgIpc) is 2.35. The maximum atomic E-state index is 12.2. The van der Waals surface area contributed by atoms with Crippen molar-refractivity contribution in [2.24, 2.45) is 17.8 Å². The van der Waals surface area contributed by atoms with Crippen LogP contribution in [-0.4, -0.2) is 30.3 Å². The second-order valence-electron chi connectivity index (χ2n) is 6.28. The van der Waals surface area contributed by atoms with Crippen LogP contribution in [0.15, 0.2) is 0 Å². The van der Waals surface area contributed by atoms with Gasteiger partial charge in [0.1, 0.15) is 5.78 Å². The normalized spacial score (nSPS) is 32.6. The molecule has 17 heavy (non-hydrogen) atoms. The predicted octanol–water partition coefficient (Wildman–Crippen LogP) is 3.11. The molecule has 2 heteroatoms. The first-order valence-corrected chi connectivity index (χ1v) is 7.42.